The summed E-state index contributed by atoms with van der Waals surface area (Å²) in [5.41, 5.74) is 3.12. The van der Waals surface area contributed by atoms with Gasteiger partial charge in [0, 0.05) is 42.4 Å². The normalized spacial score (nSPS) is 17.0. The van der Waals surface area contributed by atoms with Crippen LogP contribution in [0, 0.1) is 13.8 Å². The standard InChI is InChI=1S/C19H28N4O/c1-14(12-22-10-9-20-13-22)21-19(24)18-11-15(2)23(16(18)3)17-7-5-4-6-8-17/h9-11,13-14,17H,4-8,12H2,1-3H3,(H,21,24). The molecule has 1 unspecified atom stereocenters. The monoisotopic (exact) mass is 328 g/mol. The molecule has 0 aromatic carbocycles. The molecule has 5 heteroatoms. The third kappa shape index (κ3) is 3.55. The van der Waals surface area contributed by atoms with E-state index in [0.29, 0.717) is 6.04 Å². The number of carbonyl (C=O) groups is 1. The summed E-state index contributed by atoms with van der Waals surface area (Å²) in [5, 5.41) is 3.12. The van der Waals surface area contributed by atoms with E-state index in [-0.39, 0.29) is 11.9 Å². The van der Waals surface area contributed by atoms with Crippen molar-refractivity contribution >= 4 is 5.91 Å². The topological polar surface area (TPSA) is 51.9 Å². The zero-order valence-corrected chi connectivity index (χ0v) is 15.0. The highest BCUT2D eigenvalue weighted by molar-refractivity contribution is 5.95. The van der Waals surface area contributed by atoms with Crippen LogP contribution in [0.15, 0.2) is 24.8 Å². The molecule has 24 heavy (non-hydrogen) atoms. The van der Waals surface area contributed by atoms with Crippen LogP contribution in [-0.2, 0) is 6.54 Å². The van der Waals surface area contributed by atoms with Crippen molar-refractivity contribution in [3.8, 4) is 0 Å². The van der Waals surface area contributed by atoms with Crippen molar-refractivity contribution in [1.82, 2.24) is 19.4 Å². The molecule has 1 atom stereocenters. The van der Waals surface area contributed by atoms with Crippen LogP contribution < -0.4 is 5.32 Å². The van der Waals surface area contributed by atoms with E-state index >= 15 is 0 Å². The Balaban J connectivity index is 1.70. The summed E-state index contributed by atoms with van der Waals surface area (Å²) in [6.45, 7) is 6.95. The fourth-order valence-corrected chi connectivity index (χ4v) is 3.97. The summed E-state index contributed by atoms with van der Waals surface area (Å²) >= 11 is 0. The third-order valence-corrected chi connectivity index (χ3v) is 5.09. The SMILES string of the molecule is Cc1cc(C(=O)NC(C)Cn2ccnc2)c(C)n1C1CCCCC1. The lowest BCUT2D eigenvalue weighted by atomic mass is 9.95. The molecule has 2 aromatic rings. The summed E-state index contributed by atoms with van der Waals surface area (Å²) in [4.78, 5) is 16.7. The molecule has 5 nitrogen and oxygen atoms in total. The quantitative estimate of drug-likeness (QED) is 0.911. The van der Waals surface area contributed by atoms with Crippen LogP contribution in [0.1, 0.15) is 66.8 Å². The lowest BCUT2D eigenvalue weighted by Crippen LogP contribution is -2.35. The summed E-state index contributed by atoms with van der Waals surface area (Å²) in [6.07, 6.45) is 11.8. The number of hydrogen-bond acceptors (Lipinski definition) is 2. The van der Waals surface area contributed by atoms with Crippen LogP contribution in [0.5, 0.6) is 0 Å². The Bertz CT molecular complexity index is 681. The van der Waals surface area contributed by atoms with E-state index in [1.54, 1.807) is 12.5 Å². The molecular weight excluding hydrogens is 300 g/mol. The summed E-state index contributed by atoms with van der Waals surface area (Å²) in [6, 6.07) is 2.66. The molecule has 0 saturated heterocycles. The average molecular weight is 328 g/mol. The van der Waals surface area contributed by atoms with Crippen molar-refractivity contribution in [2.24, 2.45) is 0 Å². The molecule has 2 heterocycles. The Morgan fingerprint density at radius 2 is 2.08 bits per heavy atom. The molecule has 1 fully saturated rings. The van der Waals surface area contributed by atoms with E-state index in [9.17, 15) is 4.79 Å². The van der Waals surface area contributed by atoms with Gasteiger partial charge in [0.15, 0.2) is 0 Å². The Hall–Kier alpha value is -2.04. The highest BCUT2D eigenvalue weighted by Gasteiger charge is 2.23. The van der Waals surface area contributed by atoms with Gasteiger partial charge in [-0.05, 0) is 39.7 Å². The van der Waals surface area contributed by atoms with E-state index in [1.165, 1.54) is 37.8 Å². The minimum Gasteiger partial charge on any atom is -0.348 e. The molecule has 1 aliphatic rings. The van der Waals surface area contributed by atoms with Gasteiger partial charge in [0.05, 0.1) is 11.9 Å². The maximum atomic E-state index is 12.7. The molecule has 1 saturated carbocycles. The molecular formula is C19H28N4O. The first-order chi connectivity index (χ1) is 11.6. The van der Waals surface area contributed by atoms with E-state index in [2.05, 4.69) is 28.7 Å². The smallest absolute Gasteiger partial charge is 0.253 e. The molecule has 2 aromatic heterocycles. The number of rotatable bonds is 5. The van der Waals surface area contributed by atoms with Crippen molar-refractivity contribution < 1.29 is 4.79 Å². The highest BCUT2D eigenvalue weighted by atomic mass is 16.1. The molecule has 0 aliphatic heterocycles. The summed E-state index contributed by atoms with van der Waals surface area (Å²) < 4.78 is 4.37. The lowest BCUT2D eigenvalue weighted by molar-refractivity contribution is 0.0936. The second-order valence-electron chi connectivity index (χ2n) is 7.08. The number of hydrogen-bond donors (Lipinski definition) is 1. The second-order valence-corrected chi connectivity index (χ2v) is 7.08. The molecule has 0 bridgehead atoms. The summed E-state index contributed by atoms with van der Waals surface area (Å²) in [5.74, 6) is 0.0257. The van der Waals surface area contributed by atoms with Crippen molar-refractivity contribution in [3.63, 3.8) is 0 Å². The lowest BCUT2D eigenvalue weighted by Gasteiger charge is -2.26. The third-order valence-electron chi connectivity index (χ3n) is 5.09. The van der Waals surface area contributed by atoms with Gasteiger partial charge in [-0.1, -0.05) is 19.3 Å². The van der Waals surface area contributed by atoms with Crippen molar-refractivity contribution in [3.05, 3.63) is 41.7 Å². The first-order valence-corrected chi connectivity index (χ1v) is 9.01. The fraction of sp³-hybridized carbons (Fsp3) is 0.579. The van der Waals surface area contributed by atoms with Gasteiger partial charge in [0.25, 0.3) is 5.91 Å². The minimum absolute atomic E-state index is 0.0257. The van der Waals surface area contributed by atoms with Crippen LogP contribution >= 0.6 is 0 Å². The van der Waals surface area contributed by atoms with Crippen molar-refractivity contribution in [2.75, 3.05) is 0 Å². The molecule has 1 aliphatic carbocycles. The molecule has 0 spiro atoms. The zero-order valence-electron chi connectivity index (χ0n) is 15.0. The minimum atomic E-state index is 0.0257. The zero-order chi connectivity index (χ0) is 17.1. The largest absolute Gasteiger partial charge is 0.348 e. The highest BCUT2D eigenvalue weighted by Crippen LogP contribution is 2.32. The Morgan fingerprint density at radius 3 is 2.75 bits per heavy atom. The summed E-state index contributed by atoms with van der Waals surface area (Å²) in [7, 11) is 0. The van der Waals surface area contributed by atoms with Gasteiger partial charge in [-0.25, -0.2) is 4.98 Å². The first-order valence-electron chi connectivity index (χ1n) is 9.01. The van der Waals surface area contributed by atoms with Crippen molar-refractivity contribution in [2.45, 2.75) is 71.5 Å². The van der Waals surface area contributed by atoms with Gasteiger partial charge in [-0.15, -0.1) is 0 Å². The first kappa shape index (κ1) is 16.8. The molecule has 130 valence electrons. The Kier molecular flexibility index (Phi) is 5.07. The molecule has 1 N–H and O–H groups in total. The van der Waals surface area contributed by atoms with Crippen molar-refractivity contribution in [1.29, 1.82) is 0 Å². The van der Waals surface area contributed by atoms with E-state index in [1.807, 2.05) is 23.8 Å². The van der Waals surface area contributed by atoms with E-state index < -0.39 is 0 Å². The predicted molar refractivity (Wildman–Crippen MR) is 95.2 cm³/mol. The van der Waals surface area contributed by atoms with E-state index in [0.717, 1.165) is 17.8 Å². The van der Waals surface area contributed by atoms with Gasteiger partial charge in [0.2, 0.25) is 0 Å². The number of carbonyl (C=O) groups excluding carboxylic acids is 1. The van der Waals surface area contributed by atoms with Crippen LogP contribution in [0.3, 0.4) is 0 Å². The molecule has 1 amide bonds. The number of aryl methyl sites for hydroxylation is 1. The van der Waals surface area contributed by atoms with Gasteiger partial charge in [-0.2, -0.15) is 0 Å². The number of nitrogens with zero attached hydrogens (tertiary/aromatic N) is 3. The van der Waals surface area contributed by atoms with Crippen LogP contribution in [0.25, 0.3) is 0 Å². The fourth-order valence-electron chi connectivity index (χ4n) is 3.97. The maximum Gasteiger partial charge on any atom is 0.253 e. The number of amides is 1. The predicted octanol–water partition coefficient (Wildman–Crippen LogP) is 3.63. The number of aromatic nitrogens is 3. The van der Waals surface area contributed by atoms with Crippen LogP contribution in [-0.4, -0.2) is 26.1 Å². The van der Waals surface area contributed by atoms with Gasteiger partial charge >= 0.3 is 0 Å². The van der Waals surface area contributed by atoms with Gasteiger partial charge in [-0.3, -0.25) is 4.79 Å². The van der Waals surface area contributed by atoms with Crippen LogP contribution in [0.4, 0.5) is 0 Å². The van der Waals surface area contributed by atoms with Crippen LogP contribution in [0.2, 0.25) is 0 Å². The number of nitrogens with one attached hydrogen (secondary N) is 1. The Morgan fingerprint density at radius 1 is 1.33 bits per heavy atom. The van der Waals surface area contributed by atoms with Gasteiger partial charge < -0.3 is 14.5 Å². The Labute approximate surface area is 144 Å². The number of imidazole rings is 1. The van der Waals surface area contributed by atoms with Gasteiger partial charge in [0.1, 0.15) is 0 Å². The second kappa shape index (κ2) is 7.24. The molecule has 3 rings (SSSR count). The average Bonchev–Trinajstić information content (AvgIpc) is 3.16. The molecule has 0 radical (unpaired) electrons. The van der Waals surface area contributed by atoms with E-state index in [4.69, 9.17) is 0 Å². The maximum absolute atomic E-state index is 12.7.